The summed E-state index contributed by atoms with van der Waals surface area (Å²) in [6.07, 6.45) is 0. The van der Waals surface area contributed by atoms with Gasteiger partial charge in [0.25, 0.3) is 0 Å². The third-order valence-electron chi connectivity index (χ3n) is 6.83. The number of fused-ring (bicyclic) bond motifs is 5. The Morgan fingerprint density at radius 2 is 1.31 bits per heavy atom. The molecular formula is C31H25N. The SMILES string of the molecule is CC1(C)c2cccc(Nc3ccc(-c4ccccc4)cc3)c2-c2ccc3ccccc3c21. The molecule has 0 atom stereocenters. The van der Waals surface area contributed by atoms with Gasteiger partial charge in [0.05, 0.1) is 0 Å². The molecule has 1 N–H and O–H groups in total. The van der Waals surface area contributed by atoms with E-state index in [9.17, 15) is 0 Å². The van der Waals surface area contributed by atoms with Crippen molar-refractivity contribution in [2.24, 2.45) is 0 Å². The van der Waals surface area contributed by atoms with Gasteiger partial charge in [-0.05, 0) is 56.8 Å². The molecule has 1 aliphatic rings. The van der Waals surface area contributed by atoms with Crippen LogP contribution in [0.1, 0.15) is 25.0 Å². The molecule has 5 aromatic carbocycles. The second-order valence-electron chi connectivity index (χ2n) is 9.13. The van der Waals surface area contributed by atoms with Crippen LogP contribution in [0.3, 0.4) is 0 Å². The Morgan fingerprint density at radius 1 is 0.594 bits per heavy atom. The van der Waals surface area contributed by atoms with E-state index in [0.717, 1.165) is 11.4 Å². The number of anilines is 2. The molecule has 1 nitrogen and oxygen atoms in total. The highest BCUT2D eigenvalue weighted by molar-refractivity contribution is 6.01. The Labute approximate surface area is 189 Å². The number of rotatable bonds is 3. The van der Waals surface area contributed by atoms with Crippen LogP contribution in [-0.2, 0) is 5.41 Å². The predicted molar refractivity (Wildman–Crippen MR) is 137 cm³/mol. The highest BCUT2D eigenvalue weighted by Gasteiger charge is 2.38. The van der Waals surface area contributed by atoms with Gasteiger partial charge in [0.1, 0.15) is 0 Å². The predicted octanol–water partition coefficient (Wildman–Crippen LogP) is 8.56. The van der Waals surface area contributed by atoms with Crippen LogP contribution in [0.15, 0.2) is 109 Å². The zero-order valence-electron chi connectivity index (χ0n) is 18.4. The van der Waals surface area contributed by atoms with E-state index in [4.69, 9.17) is 0 Å². The van der Waals surface area contributed by atoms with Crippen molar-refractivity contribution in [3.05, 3.63) is 120 Å². The van der Waals surface area contributed by atoms with Gasteiger partial charge in [-0.3, -0.25) is 0 Å². The van der Waals surface area contributed by atoms with E-state index in [0.29, 0.717) is 0 Å². The first-order valence-electron chi connectivity index (χ1n) is 11.2. The van der Waals surface area contributed by atoms with Crippen molar-refractivity contribution in [1.82, 2.24) is 0 Å². The van der Waals surface area contributed by atoms with Crippen LogP contribution in [0.25, 0.3) is 33.0 Å². The lowest BCUT2D eigenvalue weighted by Gasteiger charge is -2.23. The molecule has 0 aromatic heterocycles. The van der Waals surface area contributed by atoms with Crippen LogP contribution < -0.4 is 5.32 Å². The molecule has 0 aliphatic heterocycles. The van der Waals surface area contributed by atoms with Gasteiger partial charge in [0, 0.05) is 22.4 Å². The lowest BCUT2D eigenvalue weighted by molar-refractivity contribution is 0.666. The normalized spacial score (nSPS) is 13.6. The van der Waals surface area contributed by atoms with E-state index in [1.807, 2.05) is 0 Å². The molecule has 0 bridgehead atoms. The Bertz CT molecular complexity index is 1440. The first kappa shape index (κ1) is 18.9. The van der Waals surface area contributed by atoms with Gasteiger partial charge in [0.15, 0.2) is 0 Å². The molecule has 0 saturated carbocycles. The van der Waals surface area contributed by atoms with Crippen molar-refractivity contribution in [3.8, 4) is 22.3 Å². The fraction of sp³-hybridized carbons (Fsp3) is 0.0968. The summed E-state index contributed by atoms with van der Waals surface area (Å²) in [5.74, 6) is 0. The molecule has 6 rings (SSSR count). The first-order valence-corrected chi connectivity index (χ1v) is 11.2. The van der Waals surface area contributed by atoms with Crippen LogP contribution in [0.2, 0.25) is 0 Å². The van der Waals surface area contributed by atoms with E-state index in [1.165, 1.54) is 44.2 Å². The van der Waals surface area contributed by atoms with Gasteiger partial charge >= 0.3 is 0 Å². The van der Waals surface area contributed by atoms with Crippen molar-refractivity contribution in [2.75, 3.05) is 5.32 Å². The van der Waals surface area contributed by atoms with Crippen LogP contribution in [-0.4, -0.2) is 0 Å². The Morgan fingerprint density at radius 3 is 2.12 bits per heavy atom. The van der Waals surface area contributed by atoms with Crippen molar-refractivity contribution in [3.63, 3.8) is 0 Å². The monoisotopic (exact) mass is 411 g/mol. The largest absolute Gasteiger partial charge is 0.355 e. The average molecular weight is 412 g/mol. The van der Waals surface area contributed by atoms with Crippen molar-refractivity contribution < 1.29 is 0 Å². The highest BCUT2D eigenvalue weighted by atomic mass is 14.9. The van der Waals surface area contributed by atoms with Gasteiger partial charge in [-0.15, -0.1) is 0 Å². The topological polar surface area (TPSA) is 12.0 Å². The maximum absolute atomic E-state index is 3.71. The summed E-state index contributed by atoms with van der Waals surface area (Å²) in [6, 6.07) is 39.2. The molecule has 5 aromatic rings. The molecule has 0 heterocycles. The first-order chi connectivity index (χ1) is 15.6. The summed E-state index contributed by atoms with van der Waals surface area (Å²) in [4.78, 5) is 0. The summed E-state index contributed by atoms with van der Waals surface area (Å²) >= 11 is 0. The van der Waals surface area contributed by atoms with E-state index < -0.39 is 0 Å². The second-order valence-corrected chi connectivity index (χ2v) is 9.13. The summed E-state index contributed by atoms with van der Waals surface area (Å²) < 4.78 is 0. The maximum Gasteiger partial charge on any atom is 0.0467 e. The molecule has 154 valence electrons. The minimum atomic E-state index is -0.0413. The number of benzene rings is 5. The van der Waals surface area contributed by atoms with E-state index >= 15 is 0 Å². The smallest absolute Gasteiger partial charge is 0.0467 e. The van der Waals surface area contributed by atoms with Gasteiger partial charge in [-0.25, -0.2) is 0 Å². The van der Waals surface area contributed by atoms with Gasteiger partial charge in [-0.1, -0.05) is 105 Å². The summed E-state index contributed by atoms with van der Waals surface area (Å²) in [6.45, 7) is 4.70. The molecule has 32 heavy (non-hydrogen) atoms. The average Bonchev–Trinajstić information content (AvgIpc) is 3.08. The van der Waals surface area contributed by atoms with Crippen LogP contribution in [0, 0.1) is 0 Å². The van der Waals surface area contributed by atoms with E-state index in [-0.39, 0.29) is 5.41 Å². The molecule has 0 amide bonds. The molecular weight excluding hydrogens is 386 g/mol. The molecule has 0 radical (unpaired) electrons. The molecule has 1 heteroatoms. The van der Waals surface area contributed by atoms with Gasteiger partial charge in [-0.2, -0.15) is 0 Å². The van der Waals surface area contributed by atoms with Gasteiger partial charge < -0.3 is 5.32 Å². The second kappa shape index (κ2) is 7.10. The number of hydrogen-bond acceptors (Lipinski definition) is 1. The molecule has 0 saturated heterocycles. The summed E-state index contributed by atoms with van der Waals surface area (Å²) in [5.41, 5.74) is 10.2. The molecule has 1 aliphatic carbocycles. The Hall–Kier alpha value is -3.84. The zero-order chi connectivity index (χ0) is 21.7. The minimum absolute atomic E-state index is 0.0413. The van der Waals surface area contributed by atoms with Crippen molar-refractivity contribution in [1.29, 1.82) is 0 Å². The van der Waals surface area contributed by atoms with Crippen LogP contribution in [0.4, 0.5) is 11.4 Å². The van der Waals surface area contributed by atoms with Gasteiger partial charge in [0.2, 0.25) is 0 Å². The van der Waals surface area contributed by atoms with Crippen molar-refractivity contribution in [2.45, 2.75) is 19.3 Å². The Balaban J connectivity index is 1.44. The van der Waals surface area contributed by atoms with E-state index in [1.54, 1.807) is 0 Å². The number of nitrogens with one attached hydrogen (secondary N) is 1. The lowest BCUT2D eigenvalue weighted by Crippen LogP contribution is -2.15. The Kier molecular flexibility index (Phi) is 4.19. The highest BCUT2D eigenvalue weighted by Crippen LogP contribution is 2.53. The third-order valence-corrected chi connectivity index (χ3v) is 6.83. The molecule has 0 fully saturated rings. The van der Waals surface area contributed by atoms with Crippen molar-refractivity contribution >= 4 is 22.1 Å². The molecule has 0 spiro atoms. The van der Waals surface area contributed by atoms with Crippen LogP contribution in [0.5, 0.6) is 0 Å². The molecule has 0 unspecified atom stereocenters. The third kappa shape index (κ3) is 2.85. The fourth-order valence-electron chi connectivity index (χ4n) is 5.29. The number of hydrogen-bond donors (Lipinski definition) is 1. The standard InChI is InChI=1S/C31H25N/c1-31(2)27-13-8-14-28(29(27)26-20-17-23-11-6-7-12-25(23)30(26)31)32-24-18-15-22(16-19-24)21-9-4-3-5-10-21/h3-20,32H,1-2H3. The van der Waals surface area contributed by atoms with E-state index in [2.05, 4.69) is 128 Å². The van der Waals surface area contributed by atoms with Crippen LogP contribution >= 0.6 is 0 Å². The maximum atomic E-state index is 3.71. The zero-order valence-corrected chi connectivity index (χ0v) is 18.4. The quantitative estimate of drug-likeness (QED) is 0.313. The lowest BCUT2D eigenvalue weighted by atomic mass is 9.80. The fourth-order valence-corrected chi connectivity index (χ4v) is 5.29. The minimum Gasteiger partial charge on any atom is -0.355 e. The summed E-state index contributed by atoms with van der Waals surface area (Å²) in [7, 11) is 0. The summed E-state index contributed by atoms with van der Waals surface area (Å²) in [5, 5.41) is 6.36.